The van der Waals surface area contributed by atoms with Crippen molar-refractivity contribution in [2.24, 2.45) is 0 Å². The first-order valence-electron chi connectivity index (χ1n) is 8.27. The van der Waals surface area contributed by atoms with E-state index in [-0.39, 0.29) is 5.56 Å². The summed E-state index contributed by atoms with van der Waals surface area (Å²) in [5.41, 5.74) is 0.633. The maximum absolute atomic E-state index is 12.7. The summed E-state index contributed by atoms with van der Waals surface area (Å²) in [5.74, 6) is 0. The van der Waals surface area contributed by atoms with Gasteiger partial charge in [-0.15, -0.1) is 11.3 Å². The number of benzene rings is 1. The second-order valence-electron chi connectivity index (χ2n) is 6.13. The number of hydrogen-bond acceptors (Lipinski definition) is 6. The fourth-order valence-electron chi connectivity index (χ4n) is 3.07. The van der Waals surface area contributed by atoms with Crippen LogP contribution in [0.5, 0.6) is 0 Å². The Morgan fingerprint density at radius 2 is 1.81 bits per heavy atom. The second-order valence-corrected chi connectivity index (χ2v) is 8.95. The Bertz CT molecular complexity index is 1070. The minimum Gasteiger partial charge on any atom is -0.295 e. The van der Waals surface area contributed by atoms with Crippen molar-refractivity contribution >= 4 is 26.3 Å². The van der Waals surface area contributed by atoms with Gasteiger partial charge >= 0.3 is 0 Å². The molecule has 1 aromatic carbocycles. The van der Waals surface area contributed by atoms with E-state index in [1.165, 1.54) is 20.0 Å². The summed E-state index contributed by atoms with van der Waals surface area (Å²) in [6.07, 6.45) is 1.71. The fraction of sp³-hybridized carbons (Fsp3) is 0.294. The van der Waals surface area contributed by atoms with Crippen molar-refractivity contribution < 1.29 is 8.42 Å². The zero-order valence-electron chi connectivity index (χ0n) is 14.0. The average Bonchev–Trinajstić information content (AvgIpc) is 3.12. The number of sulfonamides is 1. The molecule has 136 valence electrons. The predicted molar refractivity (Wildman–Crippen MR) is 99.8 cm³/mol. The van der Waals surface area contributed by atoms with Crippen molar-refractivity contribution in [3.05, 3.63) is 64.0 Å². The topological polar surface area (TPSA) is 75.0 Å². The van der Waals surface area contributed by atoms with Gasteiger partial charge < -0.3 is 0 Å². The van der Waals surface area contributed by atoms with E-state index >= 15 is 0 Å². The molecule has 1 aliphatic rings. The first kappa shape index (κ1) is 17.3. The lowest BCUT2D eigenvalue weighted by atomic mass is 10.3. The monoisotopic (exact) mass is 390 g/mol. The van der Waals surface area contributed by atoms with Crippen molar-refractivity contribution in [1.82, 2.24) is 18.6 Å². The Hall–Kier alpha value is -2.07. The minimum absolute atomic E-state index is 0.0865. The van der Waals surface area contributed by atoms with Gasteiger partial charge in [0.05, 0.1) is 10.6 Å². The smallest absolute Gasteiger partial charge is 0.258 e. The maximum atomic E-state index is 12.7. The summed E-state index contributed by atoms with van der Waals surface area (Å²) in [4.78, 5) is 19.7. The average molecular weight is 390 g/mol. The zero-order chi connectivity index (χ0) is 18.1. The van der Waals surface area contributed by atoms with E-state index in [0.717, 1.165) is 5.69 Å². The van der Waals surface area contributed by atoms with Gasteiger partial charge in [0.15, 0.2) is 4.96 Å². The highest BCUT2D eigenvalue weighted by atomic mass is 32.2. The van der Waals surface area contributed by atoms with E-state index < -0.39 is 10.0 Å². The minimum atomic E-state index is -3.45. The van der Waals surface area contributed by atoms with E-state index in [1.54, 1.807) is 42.6 Å². The van der Waals surface area contributed by atoms with E-state index in [2.05, 4.69) is 9.88 Å². The van der Waals surface area contributed by atoms with E-state index in [9.17, 15) is 13.2 Å². The lowest BCUT2D eigenvalue weighted by Gasteiger charge is -2.33. The van der Waals surface area contributed by atoms with Gasteiger partial charge in [0, 0.05) is 50.4 Å². The molecule has 1 saturated heterocycles. The Morgan fingerprint density at radius 1 is 1.08 bits per heavy atom. The summed E-state index contributed by atoms with van der Waals surface area (Å²) < 4.78 is 28.4. The molecule has 1 fully saturated rings. The Kier molecular flexibility index (Phi) is 4.62. The molecular formula is C17H18N4O3S2. The molecule has 9 heteroatoms. The molecule has 0 aliphatic carbocycles. The van der Waals surface area contributed by atoms with Crippen LogP contribution in [-0.4, -0.2) is 53.2 Å². The summed E-state index contributed by atoms with van der Waals surface area (Å²) in [7, 11) is -3.45. The molecule has 0 N–H and O–H groups in total. The lowest BCUT2D eigenvalue weighted by molar-refractivity contribution is 0.180. The molecule has 0 atom stereocenters. The Balaban J connectivity index is 1.44. The SMILES string of the molecule is O=c1cc(CN2CCN(S(=O)(=O)c3ccccc3)CC2)nc2sccn12. The molecule has 3 aromatic rings. The third-order valence-electron chi connectivity index (χ3n) is 4.45. The van der Waals surface area contributed by atoms with Crippen LogP contribution in [0.15, 0.2) is 57.7 Å². The first-order chi connectivity index (χ1) is 12.5. The van der Waals surface area contributed by atoms with E-state index in [0.29, 0.717) is 42.6 Å². The highest BCUT2D eigenvalue weighted by molar-refractivity contribution is 7.89. The summed E-state index contributed by atoms with van der Waals surface area (Å²) in [6, 6.07) is 10.1. The van der Waals surface area contributed by atoms with Crippen molar-refractivity contribution in [1.29, 1.82) is 0 Å². The van der Waals surface area contributed by atoms with Gasteiger partial charge in [-0.25, -0.2) is 13.4 Å². The molecule has 7 nitrogen and oxygen atoms in total. The predicted octanol–water partition coefficient (Wildman–Crippen LogP) is 1.26. The molecular weight excluding hydrogens is 372 g/mol. The summed E-state index contributed by atoms with van der Waals surface area (Å²) in [6.45, 7) is 2.62. The van der Waals surface area contributed by atoms with E-state index in [1.807, 2.05) is 5.38 Å². The van der Waals surface area contributed by atoms with Gasteiger partial charge in [-0.2, -0.15) is 4.31 Å². The largest absolute Gasteiger partial charge is 0.295 e. The van der Waals surface area contributed by atoms with Crippen LogP contribution in [-0.2, 0) is 16.6 Å². The number of piperazine rings is 1. The van der Waals surface area contributed by atoms with Crippen LogP contribution in [0.25, 0.3) is 4.96 Å². The number of thiazole rings is 1. The Morgan fingerprint density at radius 3 is 2.54 bits per heavy atom. The molecule has 0 bridgehead atoms. The molecule has 4 rings (SSSR count). The van der Waals surface area contributed by atoms with Gasteiger partial charge in [-0.05, 0) is 12.1 Å². The molecule has 26 heavy (non-hydrogen) atoms. The Labute approximate surface area is 155 Å². The number of aromatic nitrogens is 2. The molecule has 1 aliphatic heterocycles. The molecule has 2 aromatic heterocycles. The summed E-state index contributed by atoms with van der Waals surface area (Å²) >= 11 is 1.42. The zero-order valence-corrected chi connectivity index (χ0v) is 15.6. The number of rotatable bonds is 4. The van der Waals surface area contributed by atoms with Gasteiger partial charge in [0.25, 0.3) is 5.56 Å². The molecule has 0 radical (unpaired) electrons. The standard InChI is InChI=1S/C17H18N4O3S2/c22-16-12-14(18-17-21(16)10-11-25-17)13-19-6-8-20(9-7-19)26(23,24)15-4-2-1-3-5-15/h1-5,10-12H,6-9,13H2. The molecule has 0 amide bonds. The molecule has 0 unspecified atom stereocenters. The van der Waals surface area contributed by atoms with Gasteiger partial charge in [-0.1, -0.05) is 18.2 Å². The van der Waals surface area contributed by atoms with Crippen LogP contribution in [0.1, 0.15) is 5.69 Å². The van der Waals surface area contributed by atoms with Crippen LogP contribution in [0.3, 0.4) is 0 Å². The number of fused-ring (bicyclic) bond motifs is 1. The van der Waals surface area contributed by atoms with Crippen LogP contribution >= 0.6 is 11.3 Å². The number of nitrogens with zero attached hydrogens (tertiary/aromatic N) is 4. The second kappa shape index (κ2) is 6.92. The van der Waals surface area contributed by atoms with Crippen molar-refractivity contribution in [2.75, 3.05) is 26.2 Å². The van der Waals surface area contributed by atoms with Crippen molar-refractivity contribution in [2.45, 2.75) is 11.4 Å². The number of hydrogen-bond donors (Lipinski definition) is 0. The van der Waals surface area contributed by atoms with Gasteiger partial charge in [0.2, 0.25) is 10.0 Å². The highest BCUT2D eigenvalue weighted by Crippen LogP contribution is 2.18. The van der Waals surface area contributed by atoms with Crippen LogP contribution in [0, 0.1) is 0 Å². The quantitative estimate of drug-likeness (QED) is 0.671. The van der Waals surface area contributed by atoms with Gasteiger partial charge in [0.1, 0.15) is 0 Å². The van der Waals surface area contributed by atoms with Crippen LogP contribution < -0.4 is 5.56 Å². The molecule has 0 spiro atoms. The third kappa shape index (κ3) is 3.30. The third-order valence-corrected chi connectivity index (χ3v) is 7.12. The van der Waals surface area contributed by atoms with Crippen LogP contribution in [0.2, 0.25) is 0 Å². The highest BCUT2D eigenvalue weighted by Gasteiger charge is 2.28. The molecule has 0 saturated carbocycles. The van der Waals surface area contributed by atoms with Crippen molar-refractivity contribution in [3.63, 3.8) is 0 Å². The normalized spacial score (nSPS) is 16.9. The fourth-order valence-corrected chi connectivity index (χ4v) is 5.25. The molecule has 3 heterocycles. The first-order valence-corrected chi connectivity index (χ1v) is 10.6. The maximum Gasteiger partial charge on any atom is 0.258 e. The van der Waals surface area contributed by atoms with Crippen LogP contribution in [0.4, 0.5) is 0 Å². The lowest BCUT2D eigenvalue weighted by Crippen LogP contribution is -2.48. The summed E-state index contributed by atoms with van der Waals surface area (Å²) in [5, 5.41) is 1.83. The van der Waals surface area contributed by atoms with Gasteiger partial charge in [-0.3, -0.25) is 14.1 Å². The van der Waals surface area contributed by atoms with E-state index in [4.69, 9.17) is 0 Å². The van der Waals surface area contributed by atoms with Crippen molar-refractivity contribution in [3.8, 4) is 0 Å².